The van der Waals surface area contributed by atoms with Crippen molar-refractivity contribution in [3.05, 3.63) is 48.5 Å². The van der Waals surface area contributed by atoms with E-state index in [1.807, 2.05) is 6.07 Å². The summed E-state index contributed by atoms with van der Waals surface area (Å²) in [6.45, 7) is 0. The Labute approximate surface area is 134 Å². The molecule has 0 aliphatic heterocycles. The van der Waals surface area contributed by atoms with Gasteiger partial charge >= 0.3 is 33.1 Å². The number of aromatic amines is 1. The van der Waals surface area contributed by atoms with Gasteiger partial charge in [-0.15, -0.1) is 0 Å². The summed E-state index contributed by atoms with van der Waals surface area (Å²) in [5.74, 6) is 0.175. The second-order valence-corrected chi connectivity index (χ2v) is 3.64. The number of H-pyrrole nitrogens is 1. The van der Waals surface area contributed by atoms with Crippen molar-refractivity contribution < 1.29 is 29.7 Å². The molecule has 0 saturated heterocycles. The zero-order valence-electron chi connectivity index (χ0n) is 10.4. The molecule has 1 amide bonds. The molecule has 2 heterocycles. The third-order valence-corrected chi connectivity index (χ3v) is 2.49. The first-order valence-electron chi connectivity index (χ1n) is 5.62. The normalized spacial score (nSPS) is 9.75. The van der Waals surface area contributed by atoms with Gasteiger partial charge in [-0.3, -0.25) is 4.79 Å². The molecule has 0 aliphatic carbocycles. The van der Waals surface area contributed by atoms with Gasteiger partial charge < -0.3 is 10.3 Å². The molecule has 20 heavy (non-hydrogen) atoms. The Morgan fingerprint density at radius 3 is 2.65 bits per heavy atom. The summed E-state index contributed by atoms with van der Waals surface area (Å²) >= 11 is 0.500. The van der Waals surface area contributed by atoms with Crippen molar-refractivity contribution in [1.29, 1.82) is 0 Å². The predicted molar refractivity (Wildman–Crippen MR) is 71.9 cm³/mol. The van der Waals surface area contributed by atoms with Gasteiger partial charge in [0.25, 0.3) is 5.91 Å². The molecule has 0 saturated carbocycles. The van der Waals surface area contributed by atoms with E-state index in [0.29, 0.717) is 47.4 Å². The van der Waals surface area contributed by atoms with Crippen LogP contribution in [0.25, 0.3) is 11.2 Å². The van der Waals surface area contributed by atoms with Crippen LogP contribution in [0.2, 0.25) is 0 Å². The number of halogens is 1. The average Bonchev–Trinajstić information content (AvgIpc) is 3.00. The number of hydrogen-bond acceptors (Lipinski definition) is 4. The fraction of sp³-hybridized carbons (Fsp3) is 0. The van der Waals surface area contributed by atoms with Crippen LogP contribution in [0.1, 0.15) is 10.4 Å². The molecule has 0 radical (unpaired) electrons. The van der Waals surface area contributed by atoms with Crippen LogP contribution in [0.5, 0.6) is 0 Å². The SMILES string of the molecule is O=C(Nc1ncnc2[nH]cnc12)c1ccccc1.[Cl][Hg]. The quantitative estimate of drug-likeness (QED) is 0.558. The fourth-order valence-corrected chi connectivity index (χ4v) is 1.63. The van der Waals surface area contributed by atoms with E-state index in [2.05, 4.69) is 25.3 Å². The van der Waals surface area contributed by atoms with Crippen molar-refractivity contribution in [3.8, 4) is 0 Å². The summed E-state index contributed by atoms with van der Waals surface area (Å²) in [4.78, 5) is 26.9. The number of aromatic nitrogens is 4. The number of nitrogens with zero attached hydrogens (tertiary/aromatic N) is 3. The van der Waals surface area contributed by atoms with E-state index in [1.165, 1.54) is 12.7 Å². The molecular weight excluding hydrogens is 466 g/mol. The standard InChI is InChI=1S/C12H9N5O.ClH.Hg/c18-12(8-4-2-1-3-5-8)17-11-9-10(14-6-13-9)15-7-16-11;;/h1-7H,(H2,13,14,15,16,17,18);1H;/q;;+1/p-1. The molecule has 3 aromatic rings. The van der Waals surface area contributed by atoms with Crippen molar-refractivity contribution in [2.45, 2.75) is 0 Å². The number of rotatable bonds is 2. The monoisotopic (exact) mass is 476 g/mol. The average molecular weight is 475 g/mol. The minimum absolute atomic E-state index is 0.224. The Balaban J connectivity index is 0.000000704. The molecule has 3 rings (SSSR count). The van der Waals surface area contributed by atoms with E-state index < -0.39 is 0 Å². The van der Waals surface area contributed by atoms with E-state index >= 15 is 0 Å². The number of amides is 1. The molecule has 0 bridgehead atoms. The maximum atomic E-state index is 12.0. The van der Waals surface area contributed by atoms with E-state index in [9.17, 15) is 4.79 Å². The van der Waals surface area contributed by atoms with Crippen LogP contribution in [0.3, 0.4) is 0 Å². The number of anilines is 1. The fourth-order valence-electron chi connectivity index (χ4n) is 1.63. The Kier molecular flexibility index (Phi) is 5.43. The van der Waals surface area contributed by atoms with Crippen LogP contribution in [-0.4, -0.2) is 25.8 Å². The van der Waals surface area contributed by atoms with Crippen LogP contribution in [0, 0.1) is 0 Å². The van der Waals surface area contributed by atoms with Gasteiger partial charge in [0.2, 0.25) is 0 Å². The summed E-state index contributed by atoms with van der Waals surface area (Å²) in [5.41, 5.74) is 1.70. The number of carbonyl (C=O) groups excluding carboxylic acids is 1. The zero-order valence-corrected chi connectivity index (χ0v) is 16.6. The molecule has 0 fully saturated rings. The van der Waals surface area contributed by atoms with Gasteiger partial charge in [-0.2, -0.15) is 0 Å². The number of fused-ring (bicyclic) bond motifs is 1. The van der Waals surface area contributed by atoms with E-state index in [0.717, 1.165) is 0 Å². The summed E-state index contributed by atoms with van der Waals surface area (Å²) in [6.07, 6.45) is 2.89. The first-order valence-corrected chi connectivity index (χ1v) is 12.4. The maximum absolute atomic E-state index is 12.0. The van der Waals surface area contributed by atoms with Crippen LogP contribution in [-0.2, 0) is 24.9 Å². The third-order valence-electron chi connectivity index (χ3n) is 2.49. The van der Waals surface area contributed by atoms with Crippen molar-refractivity contribution >= 4 is 31.1 Å². The summed E-state index contributed by atoms with van der Waals surface area (Å²) < 4.78 is 0. The Morgan fingerprint density at radius 2 is 1.90 bits per heavy atom. The third kappa shape index (κ3) is 3.32. The first kappa shape index (κ1) is 14.9. The van der Waals surface area contributed by atoms with Gasteiger partial charge in [0.05, 0.1) is 6.33 Å². The van der Waals surface area contributed by atoms with Crippen molar-refractivity contribution in [2.75, 3.05) is 5.32 Å². The van der Waals surface area contributed by atoms with Gasteiger partial charge in [0.1, 0.15) is 6.33 Å². The molecule has 6 nitrogen and oxygen atoms in total. The van der Waals surface area contributed by atoms with E-state index in [-0.39, 0.29) is 5.91 Å². The molecule has 0 aliphatic rings. The summed E-state index contributed by atoms with van der Waals surface area (Å²) in [6, 6.07) is 8.93. The first-order chi connectivity index (χ1) is 9.84. The Hall–Kier alpha value is -1.53. The van der Waals surface area contributed by atoms with Crippen LogP contribution >= 0.6 is 8.25 Å². The molecule has 0 spiro atoms. The van der Waals surface area contributed by atoms with E-state index in [1.54, 1.807) is 24.3 Å². The van der Waals surface area contributed by atoms with Gasteiger partial charge in [-0.25, -0.2) is 15.0 Å². The van der Waals surface area contributed by atoms with E-state index in [4.69, 9.17) is 8.25 Å². The van der Waals surface area contributed by atoms with Gasteiger partial charge in [0, 0.05) is 5.56 Å². The topological polar surface area (TPSA) is 83.6 Å². The summed E-state index contributed by atoms with van der Waals surface area (Å²) in [5, 5.41) is 2.71. The van der Waals surface area contributed by atoms with Gasteiger partial charge in [0.15, 0.2) is 17.0 Å². The number of carbonyl (C=O) groups is 1. The second-order valence-electron chi connectivity index (χ2n) is 3.64. The Bertz CT molecular complexity index is 703. The van der Waals surface area contributed by atoms with Crippen molar-refractivity contribution in [3.63, 3.8) is 0 Å². The molecule has 0 unspecified atom stereocenters. The van der Waals surface area contributed by atoms with Crippen LogP contribution in [0.15, 0.2) is 43.0 Å². The number of hydrogen-bond donors (Lipinski definition) is 2. The molecule has 1 aromatic carbocycles. The van der Waals surface area contributed by atoms with Crippen LogP contribution < -0.4 is 5.32 Å². The predicted octanol–water partition coefficient (Wildman–Crippen LogP) is 2.29. The number of benzene rings is 1. The van der Waals surface area contributed by atoms with Crippen molar-refractivity contribution in [1.82, 2.24) is 19.9 Å². The number of nitrogens with one attached hydrogen (secondary N) is 2. The van der Waals surface area contributed by atoms with Crippen LogP contribution in [0.4, 0.5) is 5.82 Å². The zero-order chi connectivity index (χ0) is 14.4. The molecule has 8 heteroatoms. The molecular formula is C12H9ClHgN5O. The number of imidazole rings is 1. The molecule has 0 atom stereocenters. The summed E-state index contributed by atoms with van der Waals surface area (Å²) in [7, 11) is 4.83. The second kappa shape index (κ2) is 7.30. The molecule has 2 aromatic heterocycles. The van der Waals surface area contributed by atoms with Gasteiger partial charge in [-0.1, -0.05) is 18.2 Å². The molecule has 97 valence electrons. The minimum atomic E-state index is -0.224. The Morgan fingerprint density at radius 1 is 1.15 bits per heavy atom. The van der Waals surface area contributed by atoms with Gasteiger partial charge in [-0.05, 0) is 12.1 Å². The molecule has 2 N–H and O–H groups in total. The van der Waals surface area contributed by atoms with Crippen molar-refractivity contribution in [2.24, 2.45) is 0 Å².